The average Bonchev–Trinajstić information content (AvgIpc) is 2.90. The number of rotatable bonds is 6. The molecule has 2 aromatic rings. The van der Waals surface area contributed by atoms with Crippen LogP contribution in [-0.4, -0.2) is 16.5 Å². The molecular formula is C13H18N4S. The third-order valence-electron chi connectivity index (χ3n) is 2.79. The van der Waals surface area contributed by atoms with E-state index >= 15 is 0 Å². The lowest BCUT2D eigenvalue weighted by molar-refractivity contribution is 0.536. The van der Waals surface area contributed by atoms with Gasteiger partial charge in [0.25, 0.3) is 0 Å². The van der Waals surface area contributed by atoms with Gasteiger partial charge in [-0.2, -0.15) is 0 Å². The molecule has 0 amide bonds. The fraction of sp³-hybridized carbons (Fsp3) is 0.385. The van der Waals surface area contributed by atoms with E-state index in [-0.39, 0.29) is 6.04 Å². The lowest BCUT2D eigenvalue weighted by Gasteiger charge is -2.17. The molecule has 0 fully saturated rings. The first-order chi connectivity index (χ1) is 8.81. The summed E-state index contributed by atoms with van der Waals surface area (Å²) in [5, 5.41) is 3.53. The number of nitrogen functional groups attached to an aromatic ring is 1. The van der Waals surface area contributed by atoms with Crippen molar-refractivity contribution in [3.05, 3.63) is 40.5 Å². The molecule has 96 valence electrons. The highest BCUT2D eigenvalue weighted by Crippen LogP contribution is 2.23. The zero-order valence-corrected chi connectivity index (χ0v) is 11.3. The van der Waals surface area contributed by atoms with Gasteiger partial charge in [-0.15, -0.1) is 11.3 Å². The minimum Gasteiger partial charge on any atom is -0.383 e. The van der Waals surface area contributed by atoms with Crippen LogP contribution in [0.4, 0.5) is 5.82 Å². The molecule has 0 aliphatic heterocycles. The van der Waals surface area contributed by atoms with Gasteiger partial charge in [-0.05, 0) is 31.0 Å². The van der Waals surface area contributed by atoms with Gasteiger partial charge >= 0.3 is 0 Å². The van der Waals surface area contributed by atoms with Gasteiger partial charge in [0, 0.05) is 23.3 Å². The molecule has 0 saturated heterocycles. The summed E-state index contributed by atoms with van der Waals surface area (Å²) in [6.07, 6.45) is 5.60. The van der Waals surface area contributed by atoms with E-state index in [4.69, 9.17) is 5.73 Å². The van der Waals surface area contributed by atoms with E-state index in [1.165, 1.54) is 4.88 Å². The van der Waals surface area contributed by atoms with Crippen molar-refractivity contribution in [2.45, 2.75) is 25.8 Å². The second kappa shape index (κ2) is 6.47. The highest BCUT2D eigenvalue weighted by molar-refractivity contribution is 7.09. The highest BCUT2D eigenvalue weighted by Gasteiger charge is 2.14. The van der Waals surface area contributed by atoms with Crippen LogP contribution in [0, 0.1) is 0 Å². The van der Waals surface area contributed by atoms with E-state index in [1.807, 2.05) is 23.8 Å². The molecule has 0 aliphatic rings. The smallest absolute Gasteiger partial charge is 0.126 e. The second-order valence-electron chi connectivity index (χ2n) is 4.16. The number of aromatic nitrogens is 2. The lowest BCUT2D eigenvalue weighted by Crippen LogP contribution is -2.23. The Kier molecular flexibility index (Phi) is 4.66. The predicted octanol–water partition coefficient (Wildman–Crippen LogP) is 2.40. The zero-order chi connectivity index (χ0) is 12.8. The Balaban J connectivity index is 2.13. The van der Waals surface area contributed by atoms with Crippen molar-refractivity contribution in [2.75, 3.05) is 12.3 Å². The van der Waals surface area contributed by atoms with Gasteiger partial charge in [-0.1, -0.05) is 13.0 Å². The minimum absolute atomic E-state index is 0.268. The van der Waals surface area contributed by atoms with Crippen LogP contribution in [0.3, 0.4) is 0 Å². The first-order valence-electron chi connectivity index (χ1n) is 6.12. The van der Waals surface area contributed by atoms with Crippen LogP contribution in [0.5, 0.6) is 0 Å². The molecule has 0 bridgehead atoms. The van der Waals surface area contributed by atoms with Gasteiger partial charge in [-0.3, -0.25) is 4.98 Å². The normalized spacial score (nSPS) is 12.5. The number of hydrogen-bond acceptors (Lipinski definition) is 5. The standard InChI is InChI=1S/C13H18N4S/c1-2-5-16-11(12-8-15-9-18-12)7-10-4-3-6-17-13(10)14/h3-4,6,8-9,11,16H,2,5,7H2,1H3,(H2,14,17). The van der Waals surface area contributed by atoms with Crippen molar-refractivity contribution in [1.29, 1.82) is 0 Å². The van der Waals surface area contributed by atoms with Crippen LogP contribution < -0.4 is 11.1 Å². The zero-order valence-electron chi connectivity index (χ0n) is 10.5. The number of nitrogens with two attached hydrogens (primary N) is 1. The van der Waals surface area contributed by atoms with Crippen LogP contribution in [0.15, 0.2) is 30.0 Å². The van der Waals surface area contributed by atoms with Gasteiger partial charge in [-0.25, -0.2) is 4.98 Å². The molecule has 0 saturated carbocycles. The molecule has 1 atom stereocenters. The first-order valence-corrected chi connectivity index (χ1v) is 7.00. The monoisotopic (exact) mass is 262 g/mol. The third-order valence-corrected chi connectivity index (χ3v) is 3.67. The third kappa shape index (κ3) is 3.27. The molecule has 3 N–H and O–H groups in total. The van der Waals surface area contributed by atoms with Gasteiger partial charge in [0.05, 0.1) is 5.51 Å². The van der Waals surface area contributed by atoms with Crippen LogP contribution >= 0.6 is 11.3 Å². The Morgan fingerprint density at radius 2 is 2.39 bits per heavy atom. The van der Waals surface area contributed by atoms with E-state index < -0.39 is 0 Å². The molecule has 1 unspecified atom stereocenters. The van der Waals surface area contributed by atoms with Gasteiger partial charge in [0.1, 0.15) is 5.82 Å². The van der Waals surface area contributed by atoms with E-state index in [0.717, 1.165) is 24.9 Å². The van der Waals surface area contributed by atoms with Gasteiger partial charge in [0.2, 0.25) is 0 Å². The fourth-order valence-corrected chi connectivity index (χ4v) is 2.53. The summed E-state index contributed by atoms with van der Waals surface area (Å²) in [6, 6.07) is 4.23. The number of nitrogens with one attached hydrogen (secondary N) is 1. The van der Waals surface area contributed by atoms with Crippen LogP contribution in [0.25, 0.3) is 0 Å². The van der Waals surface area contributed by atoms with E-state index in [1.54, 1.807) is 17.5 Å². The molecular weight excluding hydrogens is 244 g/mol. The number of pyridine rings is 1. The minimum atomic E-state index is 0.268. The Morgan fingerprint density at radius 3 is 3.06 bits per heavy atom. The van der Waals surface area contributed by atoms with Crippen molar-refractivity contribution in [1.82, 2.24) is 15.3 Å². The van der Waals surface area contributed by atoms with Gasteiger partial charge in [0.15, 0.2) is 0 Å². The van der Waals surface area contributed by atoms with Crippen molar-refractivity contribution in [2.24, 2.45) is 0 Å². The molecule has 0 aromatic carbocycles. The van der Waals surface area contributed by atoms with Gasteiger partial charge < -0.3 is 11.1 Å². The number of hydrogen-bond donors (Lipinski definition) is 2. The SMILES string of the molecule is CCCNC(Cc1cccnc1N)c1cncs1. The molecule has 2 rings (SSSR count). The van der Waals surface area contributed by atoms with Crippen LogP contribution in [-0.2, 0) is 6.42 Å². The van der Waals surface area contributed by atoms with E-state index in [0.29, 0.717) is 5.82 Å². The number of anilines is 1. The molecule has 2 aromatic heterocycles. The fourth-order valence-electron chi connectivity index (χ4n) is 1.83. The maximum Gasteiger partial charge on any atom is 0.126 e. The van der Waals surface area contributed by atoms with E-state index in [9.17, 15) is 0 Å². The van der Waals surface area contributed by atoms with Crippen molar-refractivity contribution in [3.63, 3.8) is 0 Å². The Hall–Kier alpha value is -1.46. The number of nitrogens with zero attached hydrogens (tertiary/aromatic N) is 2. The molecule has 2 heterocycles. The average molecular weight is 262 g/mol. The van der Waals surface area contributed by atoms with Crippen molar-refractivity contribution < 1.29 is 0 Å². The summed E-state index contributed by atoms with van der Waals surface area (Å²) in [7, 11) is 0. The molecule has 0 radical (unpaired) electrons. The summed E-state index contributed by atoms with van der Waals surface area (Å²) in [5.74, 6) is 0.616. The largest absolute Gasteiger partial charge is 0.383 e. The quantitative estimate of drug-likeness (QED) is 0.839. The first kappa shape index (κ1) is 13.0. The van der Waals surface area contributed by atoms with Crippen molar-refractivity contribution >= 4 is 17.2 Å². The Morgan fingerprint density at radius 1 is 1.50 bits per heavy atom. The molecule has 4 nitrogen and oxygen atoms in total. The molecule has 0 aliphatic carbocycles. The summed E-state index contributed by atoms with van der Waals surface area (Å²) in [5.41, 5.74) is 8.85. The highest BCUT2D eigenvalue weighted by atomic mass is 32.1. The summed E-state index contributed by atoms with van der Waals surface area (Å²) in [4.78, 5) is 9.52. The molecule has 18 heavy (non-hydrogen) atoms. The predicted molar refractivity (Wildman–Crippen MR) is 75.5 cm³/mol. The Bertz CT molecular complexity index is 470. The second-order valence-corrected chi connectivity index (χ2v) is 5.08. The summed E-state index contributed by atoms with van der Waals surface area (Å²) < 4.78 is 0. The maximum absolute atomic E-state index is 5.90. The van der Waals surface area contributed by atoms with Crippen molar-refractivity contribution in [3.8, 4) is 0 Å². The van der Waals surface area contributed by atoms with Crippen LogP contribution in [0.2, 0.25) is 0 Å². The van der Waals surface area contributed by atoms with Crippen LogP contribution in [0.1, 0.15) is 29.8 Å². The Labute approximate surface area is 111 Å². The summed E-state index contributed by atoms with van der Waals surface area (Å²) >= 11 is 1.67. The maximum atomic E-state index is 5.90. The number of thiazole rings is 1. The summed E-state index contributed by atoms with van der Waals surface area (Å²) in [6.45, 7) is 3.15. The lowest BCUT2D eigenvalue weighted by atomic mass is 10.1. The van der Waals surface area contributed by atoms with E-state index in [2.05, 4.69) is 22.2 Å². The molecule has 0 spiro atoms. The molecule has 5 heteroatoms. The topological polar surface area (TPSA) is 63.8 Å².